The van der Waals surface area contributed by atoms with E-state index in [-0.39, 0.29) is 5.78 Å². The third-order valence-corrected chi connectivity index (χ3v) is 4.54. The first-order valence-corrected chi connectivity index (χ1v) is 9.23. The van der Waals surface area contributed by atoms with Gasteiger partial charge >= 0.3 is 0 Å². The predicted molar refractivity (Wildman–Crippen MR) is 109 cm³/mol. The average molecular weight is 369 g/mol. The largest absolute Gasteiger partial charge is 0.491 e. The van der Waals surface area contributed by atoms with E-state index in [9.17, 15) is 4.79 Å². The van der Waals surface area contributed by atoms with Gasteiger partial charge in [-0.1, -0.05) is 13.8 Å². The van der Waals surface area contributed by atoms with Crippen LogP contribution in [0, 0.1) is 5.92 Å². The van der Waals surface area contributed by atoms with Gasteiger partial charge in [-0.3, -0.25) is 4.79 Å². The van der Waals surface area contributed by atoms with Crippen molar-refractivity contribution < 1.29 is 9.53 Å². The SMILES string of the molecule is CNc1nc(Nc2ccc(C(C)=O)c3c2OCC3)ncc1N(C)CC(C)C. The van der Waals surface area contributed by atoms with E-state index in [1.54, 1.807) is 6.92 Å². The van der Waals surface area contributed by atoms with Crippen molar-refractivity contribution in [1.82, 2.24) is 9.97 Å². The van der Waals surface area contributed by atoms with Crippen LogP contribution in [0.15, 0.2) is 18.3 Å². The Morgan fingerprint density at radius 2 is 2.15 bits per heavy atom. The Labute approximate surface area is 160 Å². The number of nitrogens with zero attached hydrogens (tertiary/aromatic N) is 3. The average Bonchev–Trinajstić information content (AvgIpc) is 3.11. The number of carbonyl (C=O) groups is 1. The van der Waals surface area contributed by atoms with Crippen LogP contribution in [0.1, 0.15) is 36.7 Å². The van der Waals surface area contributed by atoms with E-state index in [2.05, 4.69) is 39.3 Å². The van der Waals surface area contributed by atoms with Crippen LogP contribution in [0.25, 0.3) is 0 Å². The molecule has 7 heteroatoms. The third-order valence-electron chi connectivity index (χ3n) is 4.54. The molecule has 0 bridgehead atoms. The molecule has 1 aromatic carbocycles. The van der Waals surface area contributed by atoms with Crippen LogP contribution >= 0.6 is 0 Å². The minimum atomic E-state index is 0.0505. The monoisotopic (exact) mass is 369 g/mol. The van der Waals surface area contributed by atoms with Crippen molar-refractivity contribution in [3.05, 3.63) is 29.5 Å². The fourth-order valence-electron chi connectivity index (χ4n) is 3.39. The van der Waals surface area contributed by atoms with Crippen LogP contribution in [-0.4, -0.2) is 43.0 Å². The number of hydrogen-bond acceptors (Lipinski definition) is 7. The maximum absolute atomic E-state index is 11.8. The molecule has 3 rings (SSSR count). The highest BCUT2D eigenvalue weighted by molar-refractivity contribution is 5.97. The molecule has 2 aromatic rings. The van der Waals surface area contributed by atoms with Crippen LogP contribution in [0.3, 0.4) is 0 Å². The number of ketones is 1. The Balaban J connectivity index is 1.89. The fraction of sp³-hybridized carbons (Fsp3) is 0.450. The minimum Gasteiger partial charge on any atom is -0.491 e. The number of anilines is 4. The number of carbonyl (C=O) groups excluding carboxylic acids is 1. The smallest absolute Gasteiger partial charge is 0.229 e. The van der Waals surface area contributed by atoms with Crippen molar-refractivity contribution in [3.8, 4) is 5.75 Å². The lowest BCUT2D eigenvalue weighted by Gasteiger charge is -2.23. The molecule has 0 atom stereocenters. The molecule has 1 aliphatic rings. The molecule has 0 radical (unpaired) electrons. The molecule has 0 saturated heterocycles. The predicted octanol–water partition coefficient (Wildman–Crippen LogP) is 3.49. The molecule has 2 N–H and O–H groups in total. The van der Waals surface area contributed by atoms with Gasteiger partial charge in [0.25, 0.3) is 0 Å². The Kier molecular flexibility index (Phi) is 5.48. The first-order valence-electron chi connectivity index (χ1n) is 9.23. The summed E-state index contributed by atoms with van der Waals surface area (Å²) < 4.78 is 5.76. The summed E-state index contributed by atoms with van der Waals surface area (Å²) in [4.78, 5) is 23.0. The van der Waals surface area contributed by atoms with Crippen molar-refractivity contribution in [2.75, 3.05) is 42.8 Å². The van der Waals surface area contributed by atoms with Crippen LogP contribution < -0.4 is 20.3 Å². The van der Waals surface area contributed by atoms with E-state index in [0.717, 1.165) is 47.0 Å². The molecule has 0 unspecified atom stereocenters. The van der Waals surface area contributed by atoms with Gasteiger partial charge in [-0.25, -0.2) is 4.98 Å². The molecular weight excluding hydrogens is 342 g/mol. The van der Waals surface area contributed by atoms with E-state index in [1.807, 2.05) is 32.4 Å². The Morgan fingerprint density at radius 1 is 1.37 bits per heavy atom. The summed E-state index contributed by atoms with van der Waals surface area (Å²) in [6.45, 7) is 7.43. The highest BCUT2D eigenvalue weighted by Gasteiger charge is 2.23. The number of hydrogen-bond donors (Lipinski definition) is 2. The third kappa shape index (κ3) is 3.97. The van der Waals surface area contributed by atoms with E-state index < -0.39 is 0 Å². The standard InChI is InChI=1S/C20H27N5O2/c1-12(2)11-25(5)17-10-22-20(24-19(17)21-4)23-16-7-6-14(13(3)26)15-8-9-27-18(15)16/h6-7,10,12H,8-9,11H2,1-5H3,(H2,21,22,23,24). The summed E-state index contributed by atoms with van der Waals surface area (Å²) in [5.74, 6) is 2.55. The number of Topliss-reactive ketones (excluding diaryl/α,β-unsaturated/α-hetero) is 1. The lowest BCUT2D eigenvalue weighted by atomic mass is 10.0. The molecule has 2 heterocycles. The molecule has 144 valence electrons. The zero-order valence-electron chi connectivity index (χ0n) is 16.6. The number of rotatable bonds is 7. The molecule has 0 spiro atoms. The van der Waals surface area contributed by atoms with Crippen LogP contribution in [0.4, 0.5) is 23.1 Å². The van der Waals surface area contributed by atoms with Gasteiger partial charge in [0.15, 0.2) is 11.6 Å². The lowest BCUT2D eigenvalue weighted by Crippen LogP contribution is -2.24. The first kappa shape index (κ1) is 18.9. The Morgan fingerprint density at radius 3 is 2.81 bits per heavy atom. The maximum Gasteiger partial charge on any atom is 0.229 e. The number of nitrogens with one attached hydrogen (secondary N) is 2. The van der Waals surface area contributed by atoms with E-state index in [4.69, 9.17) is 4.74 Å². The van der Waals surface area contributed by atoms with Gasteiger partial charge in [0.05, 0.1) is 24.2 Å². The topological polar surface area (TPSA) is 79.4 Å². The number of aromatic nitrogens is 2. The van der Waals surface area contributed by atoms with E-state index in [1.165, 1.54) is 0 Å². The Bertz CT molecular complexity index is 851. The molecule has 1 aliphatic heterocycles. The van der Waals surface area contributed by atoms with Gasteiger partial charge < -0.3 is 20.3 Å². The van der Waals surface area contributed by atoms with Crippen LogP contribution in [0.5, 0.6) is 5.75 Å². The normalized spacial score (nSPS) is 12.5. The zero-order valence-corrected chi connectivity index (χ0v) is 16.6. The Hall–Kier alpha value is -2.83. The van der Waals surface area contributed by atoms with Crippen LogP contribution in [-0.2, 0) is 6.42 Å². The summed E-state index contributed by atoms with van der Waals surface area (Å²) >= 11 is 0. The molecule has 1 aromatic heterocycles. The molecule has 0 aliphatic carbocycles. The van der Waals surface area contributed by atoms with Crippen molar-refractivity contribution in [1.29, 1.82) is 0 Å². The van der Waals surface area contributed by atoms with Crippen molar-refractivity contribution in [3.63, 3.8) is 0 Å². The van der Waals surface area contributed by atoms with E-state index in [0.29, 0.717) is 18.5 Å². The number of ether oxygens (including phenoxy) is 1. The highest BCUT2D eigenvalue weighted by atomic mass is 16.5. The quantitative estimate of drug-likeness (QED) is 0.723. The van der Waals surface area contributed by atoms with Gasteiger partial charge in [-0.15, -0.1) is 0 Å². The summed E-state index contributed by atoms with van der Waals surface area (Å²) in [6.07, 6.45) is 2.55. The van der Waals surface area contributed by atoms with Gasteiger partial charge in [-0.05, 0) is 25.0 Å². The number of benzene rings is 1. The summed E-state index contributed by atoms with van der Waals surface area (Å²) in [5.41, 5.74) is 3.40. The van der Waals surface area contributed by atoms with Gasteiger partial charge in [-0.2, -0.15) is 4.98 Å². The van der Waals surface area contributed by atoms with Crippen molar-refractivity contribution in [2.24, 2.45) is 5.92 Å². The highest BCUT2D eigenvalue weighted by Crippen LogP contribution is 2.38. The van der Waals surface area contributed by atoms with Gasteiger partial charge in [0.2, 0.25) is 5.95 Å². The van der Waals surface area contributed by atoms with Crippen molar-refractivity contribution in [2.45, 2.75) is 27.2 Å². The molecular formula is C20H27N5O2. The molecule has 0 amide bonds. The molecule has 7 nitrogen and oxygen atoms in total. The first-order chi connectivity index (χ1) is 12.9. The summed E-state index contributed by atoms with van der Waals surface area (Å²) in [5, 5.41) is 6.38. The molecule has 0 fully saturated rings. The minimum absolute atomic E-state index is 0.0505. The molecule has 27 heavy (non-hydrogen) atoms. The summed E-state index contributed by atoms with van der Waals surface area (Å²) in [7, 11) is 3.88. The zero-order chi connectivity index (χ0) is 19.6. The molecule has 0 saturated carbocycles. The van der Waals surface area contributed by atoms with Crippen molar-refractivity contribution >= 4 is 28.9 Å². The van der Waals surface area contributed by atoms with Gasteiger partial charge in [0, 0.05) is 38.2 Å². The second-order valence-corrected chi connectivity index (χ2v) is 7.20. The lowest BCUT2D eigenvalue weighted by molar-refractivity contribution is 0.101. The maximum atomic E-state index is 11.8. The fourth-order valence-corrected chi connectivity index (χ4v) is 3.39. The van der Waals surface area contributed by atoms with E-state index >= 15 is 0 Å². The van der Waals surface area contributed by atoms with Gasteiger partial charge in [0.1, 0.15) is 5.75 Å². The second kappa shape index (κ2) is 7.82. The second-order valence-electron chi connectivity index (χ2n) is 7.20. The summed E-state index contributed by atoms with van der Waals surface area (Å²) in [6, 6.07) is 3.68. The number of fused-ring (bicyclic) bond motifs is 1. The van der Waals surface area contributed by atoms with Crippen LogP contribution in [0.2, 0.25) is 0 Å².